The highest BCUT2D eigenvalue weighted by molar-refractivity contribution is 5.97. The number of fused-ring (bicyclic) bond motifs is 4. The van der Waals surface area contributed by atoms with E-state index in [0.717, 1.165) is 28.5 Å². The molecule has 190 valence electrons. The third kappa shape index (κ3) is 3.40. The van der Waals surface area contributed by atoms with Gasteiger partial charge in [-0.05, 0) is 35.2 Å². The number of carbonyl (C=O) groups is 1. The Bertz CT molecular complexity index is 1850. The monoisotopic (exact) mass is 512 g/mol. The van der Waals surface area contributed by atoms with Crippen molar-refractivity contribution in [3.8, 4) is 45.8 Å². The van der Waals surface area contributed by atoms with Gasteiger partial charge in [0.1, 0.15) is 28.2 Å². The van der Waals surface area contributed by atoms with Crippen molar-refractivity contribution in [2.24, 2.45) is 0 Å². The SMILES string of the molecule is COc1ccc([C@@H]2CC(=O)Oc3cc(O)c4c(=O)c(O)c(-c5ccc(O)c(O)c5)oc4c32)c2ccccc12. The summed E-state index contributed by atoms with van der Waals surface area (Å²) >= 11 is 0. The third-order valence-corrected chi connectivity index (χ3v) is 6.82. The molecule has 0 spiro atoms. The molecule has 0 saturated carbocycles. The Hall–Kier alpha value is -5.18. The molecule has 0 fully saturated rings. The highest BCUT2D eigenvalue weighted by Gasteiger charge is 2.35. The van der Waals surface area contributed by atoms with Gasteiger partial charge in [0.2, 0.25) is 11.2 Å². The maximum absolute atomic E-state index is 13.3. The molecule has 1 atom stereocenters. The number of hydrogen-bond acceptors (Lipinski definition) is 9. The second-order valence-corrected chi connectivity index (χ2v) is 8.96. The van der Waals surface area contributed by atoms with Gasteiger partial charge in [-0.2, -0.15) is 0 Å². The van der Waals surface area contributed by atoms with Crippen LogP contribution in [0.5, 0.6) is 34.5 Å². The molecule has 0 bridgehead atoms. The van der Waals surface area contributed by atoms with E-state index >= 15 is 0 Å². The van der Waals surface area contributed by atoms with Crippen molar-refractivity contribution in [3.05, 3.63) is 82.0 Å². The van der Waals surface area contributed by atoms with Crippen molar-refractivity contribution in [1.29, 1.82) is 0 Å². The summed E-state index contributed by atoms with van der Waals surface area (Å²) in [6.07, 6.45) is -0.0802. The fraction of sp³-hybridized carbons (Fsp3) is 0.103. The Balaban J connectivity index is 1.70. The summed E-state index contributed by atoms with van der Waals surface area (Å²) in [5, 5.41) is 42.4. The number of methoxy groups -OCH3 is 1. The van der Waals surface area contributed by atoms with Gasteiger partial charge in [-0.15, -0.1) is 0 Å². The lowest BCUT2D eigenvalue weighted by atomic mass is 9.82. The number of rotatable bonds is 3. The number of esters is 1. The number of aromatic hydroxyl groups is 4. The van der Waals surface area contributed by atoms with Gasteiger partial charge in [0, 0.05) is 28.5 Å². The fourth-order valence-electron chi connectivity index (χ4n) is 5.08. The second kappa shape index (κ2) is 8.45. The second-order valence-electron chi connectivity index (χ2n) is 8.96. The molecule has 6 rings (SSSR count). The summed E-state index contributed by atoms with van der Waals surface area (Å²) in [6.45, 7) is 0. The molecule has 4 N–H and O–H groups in total. The summed E-state index contributed by atoms with van der Waals surface area (Å²) in [5.41, 5.74) is 0.195. The summed E-state index contributed by atoms with van der Waals surface area (Å²) in [5.74, 6) is -3.02. The zero-order valence-electron chi connectivity index (χ0n) is 19.9. The Morgan fingerprint density at radius 2 is 1.63 bits per heavy atom. The van der Waals surface area contributed by atoms with Crippen LogP contribution < -0.4 is 14.9 Å². The van der Waals surface area contributed by atoms with Crippen LogP contribution in [0.4, 0.5) is 0 Å². The molecule has 9 heteroatoms. The van der Waals surface area contributed by atoms with E-state index in [1.54, 1.807) is 13.2 Å². The van der Waals surface area contributed by atoms with Crippen LogP contribution in [0.1, 0.15) is 23.5 Å². The van der Waals surface area contributed by atoms with E-state index in [4.69, 9.17) is 13.9 Å². The van der Waals surface area contributed by atoms with Crippen molar-refractivity contribution in [2.75, 3.05) is 7.11 Å². The van der Waals surface area contributed by atoms with E-state index in [1.807, 2.05) is 30.3 Å². The smallest absolute Gasteiger partial charge is 0.312 e. The van der Waals surface area contributed by atoms with Crippen molar-refractivity contribution < 1.29 is 39.1 Å². The molecule has 0 aliphatic carbocycles. The minimum absolute atomic E-state index is 0.0180. The summed E-state index contributed by atoms with van der Waals surface area (Å²) in [7, 11) is 1.56. The lowest BCUT2D eigenvalue weighted by molar-refractivity contribution is -0.135. The Morgan fingerprint density at radius 1 is 0.868 bits per heavy atom. The van der Waals surface area contributed by atoms with Gasteiger partial charge in [-0.3, -0.25) is 9.59 Å². The van der Waals surface area contributed by atoms with Gasteiger partial charge in [0.15, 0.2) is 17.3 Å². The first kappa shape index (κ1) is 23.2. The predicted molar refractivity (Wildman–Crippen MR) is 137 cm³/mol. The molecule has 0 amide bonds. The predicted octanol–water partition coefficient (Wildman–Crippen LogP) is 4.89. The van der Waals surface area contributed by atoms with E-state index in [0.29, 0.717) is 11.3 Å². The number of ether oxygens (including phenoxy) is 2. The summed E-state index contributed by atoms with van der Waals surface area (Å²) < 4.78 is 17.0. The van der Waals surface area contributed by atoms with Crippen molar-refractivity contribution in [3.63, 3.8) is 0 Å². The quantitative estimate of drug-likeness (QED) is 0.151. The highest BCUT2D eigenvalue weighted by Crippen LogP contribution is 2.49. The van der Waals surface area contributed by atoms with Crippen LogP contribution in [0, 0.1) is 0 Å². The molecule has 0 saturated heterocycles. The molecule has 1 aromatic heterocycles. The lowest BCUT2D eigenvalue weighted by Crippen LogP contribution is -2.22. The topological polar surface area (TPSA) is 147 Å². The molecule has 1 aliphatic rings. The van der Waals surface area contributed by atoms with Gasteiger partial charge in [0.25, 0.3) is 0 Å². The molecule has 0 radical (unpaired) electrons. The molecule has 38 heavy (non-hydrogen) atoms. The van der Waals surface area contributed by atoms with Crippen LogP contribution in [-0.2, 0) is 4.79 Å². The molecular formula is C29H20O9. The van der Waals surface area contributed by atoms with Gasteiger partial charge in [0.05, 0.1) is 13.5 Å². The Kier molecular flexibility index (Phi) is 5.16. The molecular weight excluding hydrogens is 492 g/mol. The van der Waals surface area contributed by atoms with E-state index in [9.17, 15) is 30.0 Å². The average molecular weight is 512 g/mol. The first-order chi connectivity index (χ1) is 18.3. The molecule has 1 aliphatic heterocycles. The van der Waals surface area contributed by atoms with Crippen LogP contribution in [0.3, 0.4) is 0 Å². The van der Waals surface area contributed by atoms with E-state index < -0.39 is 40.3 Å². The summed E-state index contributed by atoms with van der Waals surface area (Å²) in [6, 6.07) is 15.9. The maximum Gasteiger partial charge on any atom is 0.312 e. The highest BCUT2D eigenvalue weighted by atomic mass is 16.5. The van der Waals surface area contributed by atoms with Gasteiger partial charge >= 0.3 is 5.97 Å². The van der Waals surface area contributed by atoms with E-state index in [-0.39, 0.29) is 34.5 Å². The number of phenolic OH excluding ortho intramolecular Hbond substituents is 3. The number of hydrogen-bond donors (Lipinski definition) is 4. The van der Waals surface area contributed by atoms with Crippen molar-refractivity contribution in [1.82, 2.24) is 0 Å². The lowest BCUT2D eigenvalue weighted by Gasteiger charge is -2.27. The molecule has 2 heterocycles. The zero-order chi connectivity index (χ0) is 26.7. The maximum atomic E-state index is 13.3. The van der Waals surface area contributed by atoms with Crippen LogP contribution in [0.15, 0.2) is 69.9 Å². The normalized spacial score (nSPS) is 14.9. The van der Waals surface area contributed by atoms with Crippen LogP contribution in [0.25, 0.3) is 33.1 Å². The molecule has 5 aromatic rings. The third-order valence-electron chi connectivity index (χ3n) is 6.82. The first-order valence-corrected chi connectivity index (χ1v) is 11.6. The number of carbonyl (C=O) groups excluding carboxylic acids is 1. The first-order valence-electron chi connectivity index (χ1n) is 11.6. The van der Waals surface area contributed by atoms with E-state index in [1.165, 1.54) is 12.1 Å². The Morgan fingerprint density at radius 3 is 2.37 bits per heavy atom. The van der Waals surface area contributed by atoms with E-state index in [2.05, 4.69) is 0 Å². The fourth-order valence-corrected chi connectivity index (χ4v) is 5.08. The standard InChI is InChI=1S/C29H20O9/c1-36-21-9-7-15(14-4-2-3-5-16(14)21)17-11-23(33)37-22-12-20(32)25-26(34)27(35)28(38-29(25)24(17)22)13-6-8-18(30)19(31)10-13/h2-10,12,17,30-32,35H,11H2,1H3/t17-/m0/s1. The minimum Gasteiger partial charge on any atom is -0.507 e. The zero-order valence-corrected chi connectivity index (χ0v) is 19.9. The molecule has 4 aromatic carbocycles. The molecule has 0 unspecified atom stereocenters. The van der Waals surface area contributed by atoms with Crippen molar-refractivity contribution in [2.45, 2.75) is 12.3 Å². The number of phenols is 3. The van der Waals surface area contributed by atoms with Gasteiger partial charge in [-0.25, -0.2) is 0 Å². The minimum atomic E-state index is -0.913. The Labute approximate surface area is 214 Å². The molecule has 9 nitrogen and oxygen atoms in total. The average Bonchev–Trinajstić information content (AvgIpc) is 2.90. The van der Waals surface area contributed by atoms with Gasteiger partial charge in [-0.1, -0.05) is 30.3 Å². The van der Waals surface area contributed by atoms with Crippen LogP contribution in [0.2, 0.25) is 0 Å². The summed E-state index contributed by atoms with van der Waals surface area (Å²) in [4.78, 5) is 26.0. The van der Waals surface area contributed by atoms with Crippen LogP contribution >= 0.6 is 0 Å². The largest absolute Gasteiger partial charge is 0.507 e. The number of benzene rings is 4. The van der Waals surface area contributed by atoms with Gasteiger partial charge < -0.3 is 34.3 Å². The van der Waals surface area contributed by atoms with Crippen molar-refractivity contribution >= 4 is 27.7 Å². The van der Waals surface area contributed by atoms with Crippen LogP contribution in [-0.4, -0.2) is 33.5 Å².